The van der Waals surface area contributed by atoms with Crippen molar-refractivity contribution in [1.82, 2.24) is 4.98 Å². The molecule has 0 bridgehead atoms. The van der Waals surface area contributed by atoms with Crippen LogP contribution in [0.5, 0.6) is 11.6 Å². The van der Waals surface area contributed by atoms with Crippen molar-refractivity contribution in [1.29, 1.82) is 0 Å². The van der Waals surface area contributed by atoms with Gasteiger partial charge in [-0.2, -0.15) is 0 Å². The van der Waals surface area contributed by atoms with Crippen molar-refractivity contribution in [2.45, 2.75) is 19.7 Å². The molecule has 0 atom stereocenters. The van der Waals surface area contributed by atoms with Gasteiger partial charge in [0.2, 0.25) is 5.88 Å². The Kier molecular flexibility index (Phi) is 4.89. The molecule has 2 rings (SSSR count). The molecule has 0 saturated heterocycles. The first-order valence-corrected chi connectivity index (χ1v) is 7.48. The fraction of sp³-hybridized carbons (Fsp3) is 0.214. The topological polar surface area (TPSA) is 22.1 Å². The second kappa shape index (κ2) is 6.29. The molecule has 0 N–H and O–H groups in total. The monoisotopic (exact) mass is 377 g/mol. The lowest BCUT2D eigenvalue weighted by Crippen LogP contribution is -1.99. The summed E-state index contributed by atoms with van der Waals surface area (Å²) in [7, 11) is 0. The van der Waals surface area contributed by atoms with Gasteiger partial charge in [-0.25, -0.2) is 9.37 Å². The zero-order valence-electron chi connectivity index (χ0n) is 10.8. The summed E-state index contributed by atoms with van der Waals surface area (Å²) in [6.07, 6.45) is 0. The van der Waals surface area contributed by atoms with Crippen LogP contribution in [0, 0.1) is 19.7 Å². The van der Waals surface area contributed by atoms with Crippen LogP contribution in [0.4, 0.5) is 4.39 Å². The highest BCUT2D eigenvalue weighted by atomic mass is 79.9. The predicted octanol–water partition coefficient (Wildman–Crippen LogP) is 5.78. The fourth-order valence-corrected chi connectivity index (χ4v) is 2.81. The molecule has 0 aliphatic heterocycles. The number of aromatic nitrogens is 1. The van der Waals surface area contributed by atoms with E-state index in [1.165, 1.54) is 12.1 Å². The molecule has 0 aliphatic carbocycles. The average molecular weight is 379 g/mol. The minimum absolute atomic E-state index is 0.0233. The molecule has 1 aromatic heterocycles. The van der Waals surface area contributed by atoms with Gasteiger partial charge in [0, 0.05) is 17.3 Å². The van der Waals surface area contributed by atoms with Gasteiger partial charge in [-0.05, 0) is 47.5 Å². The highest BCUT2D eigenvalue weighted by Crippen LogP contribution is 2.35. The van der Waals surface area contributed by atoms with E-state index in [0.717, 1.165) is 16.8 Å². The number of rotatable bonds is 3. The Hall–Kier alpha value is -0.840. The van der Waals surface area contributed by atoms with E-state index in [4.69, 9.17) is 27.9 Å². The Morgan fingerprint density at radius 3 is 2.65 bits per heavy atom. The third kappa shape index (κ3) is 3.25. The van der Waals surface area contributed by atoms with Gasteiger partial charge in [-0.1, -0.05) is 11.6 Å². The summed E-state index contributed by atoms with van der Waals surface area (Å²) >= 11 is 14.9. The molecule has 2 aromatic rings. The van der Waals surface area contributed by atoms with E-state index in [1.54, 1.807) is 0 Å². The second-order valence-electron chi connectivity index (χ2n) is 4.30. The number of hydrogen-bond acceptors (Lipinski definition) is 2. The van der Waals surface area contributed by atoms with Crippen LogP contribution in [-0.4, -0.2) is 4.98 Å². The number of ether oxygens (including phenoxy) is 1. The van der Waals surface area contributed by atoms with Crippen LogP contribution in [0.25, 0.3) is 0 Å². The van der Waals surface area contributed by atoms with E-state index < -0.39 is 5.82 Å². The minimum Gasteiger partial charge on any atom is -0.437 e. The van der Waals surface area contributed by atoms with Crippen LogP contribution < -0.4 is 4.74 Å². The smallest absolute Gasteiger partial charge is 0.224 e. The van der Waals surface area contributed by atoms with Gasteiger partial charge < -0.3 is 4.74 Å². The highest BCUT2D eigenvalue weighted by Gasteiger charge is 2.14. The molecule has 106 valence electrons. The van der Waals surface area contributed by atoms with Crippen LogP contribution in [0.3, 0.4) is 0 Å². The normalized spacial score (nSPS) is 10.7. The number of aryl methyl sites for hydroxylation is 2. The first-order chi connectivity index (χ1) is 9.42. The first kappa shape index (κ1) is 15.5. The average Bonchev–Trinajstić information content (AvgIpc) is 2.35. The third-order valence-corrected chi connectivity index (χ3v) is 3.93. The van der Waals surface area contributed by atoms with E-state index >= 15 is 0 Å². The lowest BCUT2D eigenvalue weighted by molar-refractivity contribution is 0.449. The Balaban J connectivity index is 2.47. The van der Waals surface area contributed by atoms with Crippen LogP contribution in [0.15, 0.2) is 22.7 Å². The van der Waals surface area contributed by atoms with Crippen molar-refractivity contribution >= 4 is 39.1 Å². The van der Waals surface area contributed by atoms with E-state index in [2.05, 4.69) is 20.9 Å². The van der Waals surface area contributed by atoms with Crippen LogP contribution in [0.2, 0.25) is 5.02 Å². The summed E-state index contributed by atoms with van der Waals surface area (Å²) in [4.78, 5) is 4.31. The maximum absolute atomic E-state index is 13.5. The Morgan fingerprint density at radius 1 is 1.30 bits per heavy atom. The third-order valence-electron chi connectivity index (χ3n) is 2.75. The van der Waals surface area contributed by atoms with Gasteiger partial charge >= 0.3 is 0 Å². The van der Waals surface area contributed by atoms with Crippen molar-refractivity contribution < 1.29 is 9.13 Å². The summed E-state index contributed by atoms with van der Waals surface area (Å²) in [5.41, 5.74) is 2.56. The van der Waals surface area contributed by atoms with E-state index in [9.17, 15) is 4.39 Å². The molecular formula is C14H11BrCl2FNO. The molecule has 0 aliphatic rings. The number of halogens is 4. The highest BCUT2D eigenvalue weighted by molar-refractivity contribution is 9.10. The van der Waals surface area contributed by atoms with Crippen molar-refractivity contribution in [3.63, 3.8) is 0 Å². The Morgan fingerprint density at radius 2 is 2.00 bits per heavy atom. The first-order valence-electron chi connectivity index (χ1n) is 5.78. The van der Waals surface area contributed by atoms with Crippen molar-refractivity contribution in [3.05, 3.63) is 50.3 Å². The molecule has 1 heterocycles. The predicted molar refractivity (Wildman–Crippen MR) is 82.5 cm³/mol. The lowest BCUT2D eigenvalue weighted by atomic mass is 10.1. The van der Waals surface area contributed by atoms with Gasteiger partial charge in [0.1, 0.15) is 11.6 Å². The molecule has 2 nitrogen and oxygen atoms in total. The summed E-state index contributed by atoms with van der Waals surface area (Å²) in [5.74, 6) is 0.389. The van der Waals surface area contributed by atoms with Gasteiger partial charge in [0.25, 0.3) is 0 Å². The van der Waals surface area contributed by atoms with Crippen molar-refractivity contribution in [2.24, 2.45) is 0 Å². The molecule has 0 amide bonds. The maximum Gasteiger partial charge on any atom is 0.224 e. The molecule has 20 heavy (non-hydrogen) atoms. The van der Waals surface area contributed by atoms with E-state index in [1.807, 2.05) is 19.9 Å². The number of benzene rings is 1. The number of pyridine rings is 1. The summed E-state index contributed by atoms with van der Waals surface area (Å²) < 4.78 is 19.8. The molecule has 6 heteroatoms. The Bertz CT molecular complexity index is 664. The largest absolute Gasteiger partial charge is 0.437 e. The van der Waals surface area contributed by atoms with Crippen LogP contribution in [0.1, 0.15) is 16.8 Å². The van der Waals surface area contributed by atoms with Crippen LogP contribution in [-0.2, 0) is 5.88 Å². The summed E-state index contributed by atoms with van der Waals surface area (Å²) in [6.45, 7) is 3.78. The van der Waals surface area contributed by atoms with Gasteiger partial charge in [0.15, 0.2) is 0 Å². The molecule has 0 fully saturated rings. The van der Waals surface area contributed by atoms with Gasteiger partial charge in [-0.15, -0.1) is 11.6 Å². The molecule has 0 saturated carbocycles. The molecular weight excluding hydrogens is 368 g/mol. The zero-order chi connectivity index (χ0) is 14.9. The standard InChI is InChI=1S/C14H11BrCl2FNO/c1-7-3-8(2)19-14(9(7)6-16)20-13-5-12(18)11(17)4-10(13)15/h3-5H,6H2,1-2H3. The Labute approximate surface area is 135 Å². The summed E-state index contributed by atoms with van der Waals surface area (Å²) in [6, 6.07) is 4.57. The number of nitrogens with zero attached hydrogens (tertiary/aromatic N) is 1. The molecule has 0 spiro atoms. The van der Waals surface area contributed by atoms with E-state index in [-0.39, 0.29) is 10.9 Å². The number of alkyl halides is 1. The SMILES string of the molecule is Cc1cc(C)c(CCl)c(Oc2cc(F)c(Cl)cc2Br)n1. The van der Waals surface area contributed by atoms with Crippen LogP contribution >= 0.6 is 39.1 Å². The second-order valence-corrected chi connectivity index (χ2v) is 5.83. The quantitative estimate of drug-likeness (QED) is 0.498. The maximum atomic E-state index is 13.5. The van der Waals surface area contributed by atoms with Crippen molar-refractivity contribution in [3.8, 4) is 11.6 Å². The zero-order valence-corrected chi connectivity index (χ0v) is 13.9. The molecule has 1 aromatic carbocycles. The number of hydrogen-bond donors (Lipinski definition) is 0. The van der Waals surface area contributed by atoms with E-state index in [0.29, 0.717) is 16.1 Å². The molecule has 0 radical (unpaired) electrons. The molecule has 0 unspecified atom stereocenters. The van der Waals surface area contributed by atoms with Crippen molar-refractivity contribution in [2.75, 3.05) is 0 Å². The fourth-order valence-electron chi connectivity index (χ4n) is 1.76. The van der Waals surface area contributed by atoms with Gasteiger partial charge in [-0.3, -0.25) is 0 Å². The summed E-state index contributed by atoms with van der Waals surface area (Å²) in [5, 5.41) is 0.0233. The minimum atomic E-state index is -0.554. The van der Waals surface area contributed by atoms with Gasteiger partial charge in [0.05, 0.1) is 15.4 Å². The lowest BCUT2D eigenvalue weighted by Gasteiger charge is -2.13.